The molecule has 0 saturated heterocycles. The van der Waals surface area contributed by atoms with Crippen LogP contribution >= 0.6 is 7.92 Å². The highest BCUT2D eigenvalue weighted by molar-refractivity contribution is 7.80. The van der Waals surface area contributed by atoms with Crippen molar-refractivity contribution in [3.05, 3.63) is 103 Å². The van der Waals surface area contributed by atoms with E-state index in [0.29, 0.717) is 0 Å². The fourth-order valence-electron chi connectivity index (χ4n) is 4.86. The molecule has 0 aromatic heterocycles. The first-order valence-electron chi connectivity index (χ1n) is 11.8. The van der Waals surface area contributed by atoms with E-state index in [4.69, 9.17) is 0 Å². The third-order valence-electron chi connectivity index (χ3n) is 6.60. The fourth-order valence-corrected chi connectivity index (χ4v) is 7.32. The van der Waals surface area contributed by atoms with E-state index in [-0.39, 0.29) is 5.91 Å². The summed E-state index contributed by atoms with van der Waals surface area (Å²) < 4.78 is 1.95. The quantitative estimate of drug-likeness (QED) is 0.285. The molecule has 0 heterocycles. The van der Waals surface area contributed by atoms with Gasteiger partial charge in [-0.2, -0.15) is 4.58 Å². The Morgan fingerprint density at radius 3 is 1.91 bits per heavy atom. The summed E-state index contributed by atoms with van der Waals surface area (Å²) in [5, 5.41) is 5.81. The molecule has 0 unspecified atom stereocenters. The zero-order valence-electron chi connectivity index (χ0n) is 19.1. The van der Waals surface area contributed by atoms with Gasteiger partial charge in [0.2, 0.25) is 0 Å². The molecule has 0 spiro atoms. The molecule has 3 heteroatoms. The number of carbonyl (C=O) groups excluding carboxylic acids is 1. The molecule has 0 radical (unpaired) electrons. The predicted molar refractivity (Wildman–Crippen MR) is 141 cm³/mol. The molecular weight excluding hydrogens is 421 g/mol. The minimum atomic E-state index is -0.871. The standard InChI is InChI=1S/C30H29NOP/c1-31(24-14-5-2-6-15-24)30(32)29-27-20-12-11-13-23(27)21-22-28(29)33(25-16-7-3-8-17-25)26-18-9-4-10-19-26/h3-4,7-13,16-22H,2,5-6,14-15H2,1H3/q+1. The zero-order chi connectivity index (χ0) is 22.6. The van der Waals surface area contributed by atoms with Gasteiger partial charge in [0.25, 0.3) is 0 Å². The molecule has 0 aliphatic heterocycles. The minimum Gasteiger partial charge on any atom is -0.214 e. The van der Waals surface area contributed by atoms with Crippen LogP contribution in [0, 0.1) is 0 Å². The molecule has 0 atom stereocenters. The SMILES string of the molecule is C[N+](C(=O)c1c(P(c2ccccc2)c2ccccc2)ccc2ccccc12)=C1CCCCC1. The van der Waals surface area contributed by atoms with Crippen molar-refractivity contribution in [2.75, 3.05) is 7.05 Å². The molecule has 4 aromatic rings. The van der Waals surface area contributed by atoms with E-state index in [1.807, 2.05) is 23.8 Å². The van der Waals surface area contributed by atoms with Gasteiger partial charge in [-0.05, 0) is 42.1 Å². The summed E-state index contributed by atoms with van der Waals surface area (Å²) in [5.74, 6) is 0.123. The topological polar surface area (TPSA) is 20.1 Å². The lowest BCUT2D eigenvalue weighted by Gasteiger charge is -2.22. The van der Waals surface area contributed by atoms with E-state index in [9.17, 15) is 4.79 Å². The largest absolute Gasteiger partial charge is 0.420 e. The Kier molecular flexibility index (Phi) is 6.46. The first-order valence-corrected chi connectivity index (χ1v) is 13.1. The van der Waals surface area contributed by atoms with Crippen molar-refractivity contribution < 1.29 is 9.37 Å². The number of rotatable bonds is 4. The van der Waals surface area contributed by atoms with Crippen LogP contribution in [0.25, 0.3) is 10.8 Å². The van der Waals surface area contributed by atoms with Crippen LogP contribution in [0.2, 0.25) is 0 Å². The molecule has 2 nitrogen and oxygen atoms in total. The van der Waals surface area contributed by atoms with Gasteiger partial charge in [0, 0.05) is 18.1 Å². The lowest BCUT2D eigenvalue weighted by atomic mass is 9.97. The number of hydrogen-bond donors (Lipinski definition) is 0. The summed E-state index contributed by atoms with van der Waals surface area (Å²) in [5.41, 5.74) is 2.13. The maximum atomic E-state index is 14.2. The van der Waals surface area contributed by atoms with Gasteiger partial charge in [-0.25, -0.2) is 4.79 Å². The summed E-state index contributed by atoms with van der Waals surface area (Å²) in [4.78, 5) is 14.2. The van der Waals surface area contributed by atoms with Gasteiger partial charge in [-0.1, -0.05) is 103 Å². The number of nitrogens with zero attached hydrogens (tertiary/aromatic N) is 1. The second-order valence-electron chi connectivity index (χ2n) is 8.68. The Bertz CT molecular complexity index is 1260. The first-order chi connectivity index (χ1) is 16.2. The van der Waals surface area contributed by atoms with Gasteiger partial charge >= 0.3 is 5.91 Å². The van der Waals surface area contributed by atoms with Gasteiger partial charge in [0.1, 0.15) is 12.6 Å². The Hall–Kier alpha value is -3.09. The van der Waals surface area contributed by atoms with E-state index in [1.54, 1.807) is 0 Å². The van der Waals surface area contributed by atoms with Crippen LogP contribution in [0.4, 0.5) is 0 Å². The number of amides is 1. The van der Waals surface area contributed by atoms with Gasteiger partial charge in [-0.15, -0.1) is 0 Å². The molecule has 0 N–H and O–H groups in total. The predicted octanol–water partition coefficient (Wildman–Crippen LogP) is 5.79. The number of benzene rings is 4. The van der Waals surface area contributed by atoms with Gasteiger partial charge in [0.15, 0.2) is 5.71 Å². The van der Waals surface area contributed by atoms with Crippen LogP contribution in [0.3, 0.4) is 0 Å². The number of hydrogen-bond acceptors (Lipinski definition) is 1. The van der Waals surface area contributed by atoms with Gasteiger partial charge < -0.3 is 0 Å². The van der Waals surface area contributed by atoms with E-state index >= 15 is 0 Å². The Balaban J connectivity index is 1.76. The highest BCUT2D eigenvalue weighted by Gasteiger charge is 2.31. The van der Waals surface area contributed by atoms with Crippen LogP contribution in [0.15, 0.2) is 97.1 Å². The lowest BCUT2D eigenvalue weighted by Crippen LogP contribution is -2.32. The smallest absolute Gasteiger partial charge is 0.214 e. The normalized spacial score (nSPS) is 13.9. The Labute approximate surface area is 197 Å². The summed E-state index contributed by atoms with van der Waals surface area (Å²) in [6, 6.07) is 34.0. The molecule has 1 fully saturated rings. The third kappa shape index (κ3) is 4.41. The highest BCUT2D eigenvalue weighted by Crippen LogP contribution is 2.36. The minimum absolute atomic E-state index is 0.123. The molecule has 0 bridgehead atoms. The molecule has 33 heavy (non-hydrogen) atoms. The second kappa shape index (κ2) is 9.81. The second-order valence-corrected chi connectivity index (χ2v) is 10.9. The van der Waals surface area contributed by atoms with Crippen molar-refractivity contribution in [1.29, 1.82) is 0 Å². The molecule has 1 aliphatic rings. The van der Waals surface area contributed by atoms with Crippen LogP contribution in [-0.4, -0.2) is 23.2 Å². The number of fused-ring (bicyclic) bond motifs is 1. The Morgan fingerprint density at radius 1 is 0.697 bits per heavy atom. The van der Waals surface area contributed by atoms with Crippen molar-refractivity contribution in [3.8, 4) is 0 Å². The monoisotopic (exact) mass is 450 g/mol. The van der Waals surface area contributed by atoms with Crippen molar-refractivity contribution >= 4 is 46.2 Å². The maximum absolute atomic E-state index is 14.2. The van der Waals surface area contributed by atoms with E-state index in [1.165, 1.54) is 35.6 Å². The molecule has 1 saturated carbocycles. The first kappa shape index (κ1) is 21.7. The highest BCUT2D eigenvalue weighted by atomic mass is 31.1. The Morgan fingerprint density at radius 2 is 1.27 bits per heavy atom. The maximum Gasteiger partial charge on any atom is 0.420 e. The van der Waals surface area contributed by atoms with Crippen molar-refractivity contribution in [1.82, 2.24) is 0 Å². The summed E-state index contributed by atoms with van der Waals surface area (Å²) in [6.45, 7) is 0. The molecule has 4 aromatic carbocycles. The average molecular weight is 451 g/mol. The van der Waals surface area contributed by atoms with Crippen LogP contribution in [-0.2, 0) is 0 Å². The van der Waals surface area contributed by atoms with Crippen molar-refractivity contribution in [3.63, 3.8) is 0 Å². The summed E-state index contributed by atoms with van der Waals surface area (Å²) in [6.07, 6.45) is 5.66. The van der Waals surface area contributed by atoms with E-state index in [2.05, 4.69) is 84.9 Å². The van der Waals surface area contributed by atoms with Crippen molar-refractivity contribution in [2.45, 2.75) is 32.1 Å². The zero-order valence-corrected chi connectivity index (χ0v) is 20.0. The summed E-state index contributed by atoms with van der Waals surface area (Å²) >= 11 is 0. The van der Waals surface area contributed by atoms with Crippen molar-refractivity contribution in [2.24, 2.45) is 0 Å². The average Bonchev–Trinajstić information content (AvgIpc) is 2.89. The van der Waals surface area contributed by atoms with Crippen LogP contribution < -0.4 is 15.9 Å². The molecule has 5 rings (SSSR count). The van der Waals surface area contributed by atoms with Gasteiger partial charge in [-0.3, -0.25) is 0 Å². The fraction of sp³-hybridized carbons (Fsp3) is 0.200. The van der Waals surface area contributed by atoms with E-state index < -0.39 is 7.92 Å². The van der Waals surface area contributed by atoms with Crippen LogP contribution in [0.5, 0.6) is 0 Å². The number of carbonyl (C=O) groups is 1. The summed E-state index contributed by atoms with van der Waals surface area (Å²) in [7, 11) is 1.10. The van der Waals surface area contributed by atoms with E-state index in [0.717, 1.165) is 34.5 Å². The van der Waals surface area contributed by atoms with Gasteiger partial charge in [0.05, 0.1) is 0 Å². The molecule has 164 valence electrons. The molecule has 1 amide bonds. The van der Waals surface area contributed by atoms with Crippen LogP contribution in [0.1, 0.15) is 42.5 Å². The molecule has 1 aliphatic carbocycles. The molecular formula is C30H29NOP+. The third-order valence-corrected chi connectivity index (χ3v) is 9.08. The lowest BCUT2D eigenvalue weighted by molar-refractivity contribution is -0.397.